The third-order valence-corrected chi connectivity index (χ3v) is 3.16. The number of Topliss-reactive ketones (excluding diaryl/α,β-unsaturated/α-hetero) is 1. The van der Waals surface area contributed by atoms with Gasteiger partial charge in [0.05, 0.1) is 5.54 Å². The van der Waals surface area contributed by atoms with Crippen molar-refractivity contribution in [3.63, 3.8) is 0 Å². The van der Waals surface area contributed by atoms with E-state index < -0.39 is 0 Å². The summed E-state index contributed by atoms with van der Waals surface area (Å²) in [6, 6.07) is 0. The molecule has 0 saturated carbocycles. The minimum atomic E-state index is -0.321. The van der Waals surface area contributed by atoms with Crippen molar-refractivity contribution in [2.24, 2.45) is 0 Å². The maximum absolute atomic E-state index is 11.4. The number of rotatable bonds is 9. The van der Waals surface area contributed by atoms with Gasteiger partial charge >= 0.3 is 0 Å². The molecule has 0 aliphatic carbocycles. The predicted octanol–water partition coefficient (Wildman–Crippen LogP) is 3.08. The maximum Gasteiger partial charge on any atom is 0.149 e. The quantitative estimate of drug-likeness (QED) is 0.469. The van der Waals surface area contributed by atoms with E-state index in [-0.39, 0.29) is 11.3 Å². The van der Waals surface area contributed by atoms with Crippen LogP contribution in [0.5, 0.6) is 0 Å². The number of hydrogen-bond acceptors (Lipinski definition) is 2. The molecule has 2 nitrogen and oxygen atoms in total. The van der Waals surface area contributed by atoms with Crippen molar-refractivity contribution in [1.82, 2.24) is 5.32 Å². The first kappa shape index (κ1) is 14.4. The molecule has 0 aromatic carbocycles. The highest BCUT2D eigenvalue weighted by molar-refractivity contribution is 5.85. The lowest BCUT2D eigenvalue weighted by atomic mass is 9.90. The van der Waals surface area contributed by atoms with Crippen molar-refractivity contribution >= 4 is 5.78 Å². The largest absolute Gasteiger partial charge is 0.308 e. The molecule has 1 atom stereocenters. The molecule has 0 rings (SSSR count). The van der Waals surface area contributed by atoms with Crippen molar-refractivity contribution in [3.8, 4) is 0 Å². The topological polar surface area (TPSA) is 29.1 Å². The van der Waals surface area contributed by atoms with Crippen LogP contribution >= 0.6 is 0 Å². The summed E-state index contributed by atoms with van der Waals surface area (Å²) < 4.78 is 0. The summed E-state index contributed by atoms with van der Waals surface area (Å²) in [6.45, 7) is 7.35. The van der Waals surface area contributed by atoms with Crippen LogP contribution in [0, 0.1) is 0 Å². The second-order valence-corrected chi connectivity index (χ2v) is 4.38. The van der Waals surface area contributed by atoms with Crippen LogP contribution in [0.25, 0.3) is 0 Å². The Balaban J connectivity index is 3.64. The van der Waals surface area contributed by atoms with E-state index >= 15 is 0 Å². The first-order chi connectivity index (χ1) is 7.06. The highest BCUT2D eigenvalue weighted by Crippen LogP contribution is 2.16. The third kappa shape index (κ3) is 5.73. The molecular formula is C13H25NO. The Labute approximate surface area is 94.1 Å². The molecule has 0 amide bonds. The van der Waals surface area contributed by atoms with Crippen LogP contribution in [-0.2, 0) is 4.79 Å². The molecule has 0 aliphatic rings. The Bertz CT molecular complexity index is 201. The zero-order chi connectivity index (χ0) is 11.7. The SMILES string of the molecule is C=CCCCCCCC(C)(NC)C(C)=O. The molecule has 1 unspecified atom stereocenters. The number of carbonyl (C=O) groups is 1. The van der Waals surface area contributed by atoms with E-state index in [1.165, 1.54) is 19.3 Å². The highest BCUT2D eigenvalue weighted by atomic mass is 16.1. The summed E-state index contributed by atoms with van der Waals surface area (Å²) in [4.78, 5) is 11.4. The maximum atomic E-state index is 11.4. The average molecular weight is 211 g/mol. The van der Waals surface area contributed by atoms with Gasteiger partial charge in [-0.05, 0) is 40.2 Å². The van der Waals surface area contributed by atoms with Gasteiger partial charge in [0.15, 0.2) is 0 Å². The molecule has 88 valence electrons. The fraction of sp³-hybridized carbons (Fsp3) is 0.769. The molecule has 15 heavy (non-hydrogen) atoms. The zero-order valence-electron chi connectivity index (χ0n) is 10.4. The minimum absolute atomic E-state index is 0.232. The normalized spacial score (nSPS) is 14.6. The van der Waals surface area contributed by atoms with Gasteiger partial charge in [-0.3, -0.25) is 4.79 Å². The molecule has 0 fully saturated rings. The van der Waals surface area contributed by atoms with E-state index in [4.69, 9.17) is 0 Å². The summed E-state index contributed by atoms with van der Waals surface area (Å²) in [7, 11) is 1.86. The fourth-order valence-electron chi connectivity index (χ4n) is 1.60. The van der Waals surface area contributed by atoms with Crippen LogP contribution in [0.4, 0.5) is 0 Å². The van der Waals surface area contributed by atoms with Gasteiger partial charge in [-0.15, -0.1) is 6.58 Å². The Morgan fingerprint density at radius 3 is 2.40 bits per heavy atom. The van der Waals surface area contributed by atoms with Crippen molar-refractivity contribution in [2.45, 2.75) is 57.9 Å². The molecule has 0 bridgehead atoms. The number of hydrogen-bond donors (Lipinski definition) is 1. The van der Waals surface area contributed by atoms with Crippen molar-refractivity contribution < 1.29 is 4.79 Å². The molecule has 0 radical (unpaired) electrons. The van der Waals surface area contributed by atoms with Crippen LogP contribution in [0.15, 0.2) is 12.7 Å². The second-order valence-electron chi connectivity index (χ2n) is 4.38. The Morgan fingerprint density at radius 1 is 1.33 bits per heavy atom. The second kappa shape index (κ2) is 7.63. The van der Waals surface area contributed by atoms with Gasteiger partial charge in [-0.25, -0.2) is 0 Å². The number of nitrogens with one attached hydrogen (secondary N) is 1. The average Bonchev–Trinajstić information content (AvgIpc) is 2.22. The van der Waals surface area contributed by atoms with E-state index in [0.29, 0.717) is 0 Å². The summed E-state index contributed by atoms with van der Waals surface area (Å²) in [6.07, 6.45) is 8.80. The molecule has 0 aromatic heterocycles. The molecule has 0 saturated heterocycles. The van der Waals surface area contributed by atoms with Gasteiger partial charge in [0.2, 0.25) is 0 Å². The van der Waals surface area contributed by atoms with E-state index in [1.807, 2.05) is 20.0 Å². The van der Waals surface area contributed by atoms with Crippen LogP contribution in [0.3, 0.4) is 0 Å². The first-order valence-electron chi connectivity index (χ1n) is 5.87. The van der Waals surface area contributed by atoms with Crippen molar-refractivity contribution in [3.05, 3.63) is 12.7 Å². The van der Waals surface area contributed by atoms with Gasteiger partial charge in [0.1, 0.15) is 5.78 Å². The number of ketones is 1. The molecule has 0 aliphatic heterocycles. The van der Waals surface area contributed by atoms with Crippen LogP contribution < -0.4 is 5.32 Å². The first-order valence-corrected chi connectivity index (χ1v) is 5.87. The molecule has 0 heterocycles. The van der Waals surface area contributed by atoms with E-state index in [2.05, 4.69) is 11.9 Å². The van der Waals surface area contributed by atoms with Crippen molar-refractivity contribution in [2.75, 3.05) is 7.05 Å². The standard InChI is InChI=1S/C13H25NO/c1-5-6-7-8-9-10-11-13(3,14-4)12(2)15/h5,14H,1,6-11H2,2-4H3. The van der Waals surface area contributed by atoms with Gasteiger partial charge in [-0.1, -0.05) is 25.3 Å². The Morgan fingerprint density at radius 2 is 1.93 bits per heavy atom. The summed E-state index contributed by atoms with van der Waals surface area (Å²) in [5, 5.41) is 3.11. The summed E-state index contributed by atoms with van der Waals surface area (Å²) in [5.74, 6) is 0.232. The summed E-state index contributed by atoms with van der Waals surface area (Å²) >= 11 is 0. The monoisotopic (exact) mass is 211 g/mol. The Hall–Kier alpha value is -0.630. The van der Waals surface area contributed by atoms with E-state index in [1.54, 1.807) is 6.92 Å². The summed E-state index contributed by atoms with van der Waals surface area (Å²) in [5.41, 5.74) is -0.321. The van der Waals surface area contributed by atoms with Crippen LogP contribution in [0.2, 0.25) is 0 Å². The van der Waals surface area contributed by atoms with Gasteiger partial charge in [0, 0.05) is 0 Å². The molecule has 0 aromatic rings. The molecular weight excluding hydrogens is 186 g/mol. The number of likely N-dealkylation sites (N-methyl/N-ethyl adjacent to an activating group) is 1. The Kier molecular flexibility index (Phi) is 7.31. The minimum Gasteiger partial charge on any atom is -0.308 e. The van der Waals surface area contributed by atoms with Crippen LogP contribution in [0.1, 0.15) is 52.4 Å². The van der Waals surface area contributed by atoms with Crippen molar-refractivity contribution in [1.29, 1.82) is 0 Å². The van der Waals surface area contributed by atoms with Gasteiger partial charge in [-0.2, -0.15) is 0 Å². The zero-order valence-corrected chi connectivity index (χ0v) is 10.4. The fourth-order valence-corrected chi connectivity index (χ4v) is 1.60. The molecule has 1 N–H and O–H groups in total. The number of carbonyl (C=O) groups excluding carboxylic acids is 1. The van der Waals surface area contributed by atoms with Gasteiger partial charge in [0.25, 0.3) is 0 Å². The van der Waals surface area contributed by atoms with Crippen LogP contribution in [-0.4, -0.2) is 18.4 Å². The molecule has 0 spiro atoms. The number of unbranched alkanes of at least 4 members (excludes halogenated alkanes) is 4. The lowest BCUT2D eigenvalue weighted by molar-refractivity contribution is -0.122. The smallest absolute Gasteiger partial charge is 0.149 e. The number of allylic oxidation sites excluding steroid dienone is 1. The lowest BCUT2D eigenvalue weighted by Gasteiger charge is -2.26. The highest BCUT2D eigenvalue weighted by Gasteiger charge is 2.26. The third-order valence-electron chi connectivity index (χ3n) is 3.16. The van der Waals surface area contributed by atoms with E-state index in [0.717, 1.165) is 19.3 Å². The van der Waals surface area contributed by atoms with Gasteiger partial charge < -0.3 is 5.32 Å². The molecule has 2 heteroatoms. The predicted molar refractivity (Wildman–Crippen MR) is 66.0 cm³/mol. The lowest BCUT2D eigenvalue weighted by Crippen LogP contribution is -2.46. The van der Waals surface area contributed by atoms with E-state index in [9.17, 15) is 4.79 Å².